The average Bonchev–Trinajstić information content (AvgIpc) is 2.40. The lowest BCUT2D eigenvalue weighted by Crippen LogP contribution is -2.63. The van der Waals surface area contributed by atoms with E-state index in [1.807, 2.05) is 0 Å². The Morgan fingerprint density at radius 1 is 1.36 bits per heavy atom. The minimum atomic E-state index is -4.53. The molecule has 0 atom stereocenters. The largest absolute Gasteiger partial charge is 0.416 e. The van der Waals surface area contributed by atoms with Crippen LogP contribution in [0.25, 0.3) is 0 Å². The zero-order valence-electron chi connectivity index (χ0n) is 11.9. The summed E-state index contributed by atoms with van der Waals surface area (Å²) in [4.78, 5) is 25.7. The number of nitrogens with one attached hydrogen (secondary N) is 1. The first-order chi connectivity index (χ1) is 10.0. The summed E-state index contributed by atoms with van der Waals surface area (Å²) >= 11 is 5.83. The van der Waals surface area contributed by atoms with Crippen LogP contribution in [0.15, 0.2) is 18.2 Å². The summed E-state index contributed by atoms with van der Waals surface area (Å²) in [5.74, 6) is -0.895. The van der Waals surface area contributed by atoms with Crippen molar-refractivity contribution in [3.05, 3.63) is 34.3 Å². The van der Waals surface area contributed by atoms with Gasteiger partial charge in [-0.1, -0.05) is 11.6 Å². The van der Waals surface area contributed by atoms with E-state index in [1.165, 1.54) is 4.90 Å². The lowest BCUT2D eigenvalue weighted by atomic mass is 9.97. The van der Waals surface area contributed by atoms with Gasteiger partial charge in [-0.3, -0.25) is 9.59 Å². The quantitative estimate of drug-likeness (QED) is 0.858. The van der Waals surface area contributed by atoms with Crippen LogP contribution in [0.5, 0.6) is 0 Å². The van der Waals surface area contributed by atoms with Crippen molar-refractivity contribution < 1.29 is 22.8 Å². The van der Waals surface area contributed by atoms with E-state index in [4.69, 9.17) is 11.6 Å². The summed E-state index contributed by atoms with van der Waals surface area (Å²) in [6, 6.07) is 2.55. The van der Waals surface area contributed by atoms with E-state index < -0.39 is 23.2 Å². The zero-order valence-corrected chi connectivity index (χ0v) is 12.7. The molecule has 1 fully saturated rings. The molecule has 4 nitrogen and oxygen atoms in total. The van der Waals surface area contributed by atoms with Gasteiger partial charge in [-0.05, 0) is 32.0 Å². The Kier molecular flexibility index (Phi) is 4.12. The number of rotatable bonds is 1. The van der Waals surface area contributed by atoms with Crippen molar-refractivity contribution in [1.29, 1.82) is 0 Å². The standard InChI is InChI=1S/C14H14ClF3N2O2/c1-13(2)12(22)19-5-6-20(13)11(21)9-4-3-8(7-10(9)15)14(16,17)18/h3-4,7H,5-6H2,1-2H3,(H,19,22). The number of halogens is 4. The van der Waals surface area contributed by atoms with Gasteiger partial charge >= 0.3 is 6.18 Å². The summed E-state index contributed by atoms with van der Waals surface area (Å²) in [5.41, 5.74) is -2.08. The van der Waals surface area contributed by atoms with Crippen molar-refractivity contribution in [3.63, 3.8) is 0 Å². The van der Waals surface area contributed by atoms with Crippen molar-refractivity contribution in [2.75, 3.05) is 13.1 Å². The molecule has 1 aromatic rings. The molecule has 0 saturated carbocycles. The molecule has 22 heavy (non-hydrogen) atoms. The molecule has 120 valence electrons. The topological polar surface area (TPSA) is 49.4 Å². The van der Waals surface area contributed by atoms with Crippen LogP contribution >= 0.6 is 11.6 Å². The van der Waals surface area contributed by atoms with Crippen molar-refractivity contribution in [2.24, 2.45) is 0 Å². The highest BCUT2D eigenvalue weighted by atomic mass is 35.5. The van der Waals surface area contributed by atoms with E-state index in [2.05, 4.69) is 5.32 Å². The van der Waals surface area contributed by atoms with Crippen LogP contribution in [0.3, 0.4) is 0 Å². The normalized spacial score (nSPS) is 18.1. The summed E-state index contributed by atoms with van der Waals surface area (Å²) in [6.07, 6.45) is -4.53. The molecule has 0 unspecified atom stereocenters. The monoisotopic (exact) mass is 334 g/mol. The molecular formula is C14H14ClF3N2O2. The molecule has 2 amide bonds. The van der Waals surface area contributed by atoms with E-state index >= 15 is 0 Å². The molecule has 0 radical (unpaired) electrons. The fourth-order valence-electron chi connectivity index (χ4n) is 2.27. The van der Waals surface area contributed by atoms with E-state index in [-0.39, 0.29) is 29.6 Å². The Labute approximate surface area is 130 Å². The first-order valence-corrected chi connectivity index (χ1v) is 6.90. The zero-order chi connectivity index (χ0) is 16.7. The number of hydrogen-bond acceptors (Lipinski definition) is 2. The van der Waals surface area contributed by atoms with Gasteiger partial charge in [0, 0.05) is 13.1 Å². The number of carbonyl (C=O) groups excluding carboxylic acids is 2. The summed E-state index contributed by atoms with van der Waals surface area (Å²) < 4.78 is 37.9. The van der Waals surface area contributed by atoms with Crippen LogP contribution in [-0.4, -0.2) is 35.3 Å². The third kappa shape index (κ3) is 2.90. The van der Waals surface area contributed by atoms with Crippen molar-refractivity contribution in [3.8, 4) is 0 Å². The SMILES string of the molecule is CC1(C)C(=O)NCCN1C(=O)c1ccc(C(F)(F)F)cc1Cl. The molecular weight excluding hydrogens is 321 g/mol. The minimum Gasteiger partial charge on any atom is -0.352 e. The van der Waals surface area contributed by atoms with Crippen LogP contribution in [0.2, 0.25) is 5.02 Å². The van der Waals surface area contributed by atoms with Crippen molar-refractivity contribution in [2.45, 2.75) is 25.6 Å². The van der Waals surface area contributed by atoms with E-state index in [0.29, 0.717) is 6.07 Å². The highest BCUT2D eigenvalue weighted by Crippen LogP contribution is 2.33. The Morgan fingerprint density at radius 2 is 2.00 bits per heavy atom. The molecule has 1 heterocycles. The van der Waals surface area contributed by atoms with Gasteiger partial charge < -0.3 is 10.2 Å². The summed E-state index contributed by atoms with van der Waals surface area (Å²) in [6.45, 7) is 3.68. The van der Waals surface area contributed by atoms with Gasteiger partial charge in [-0.2, -0.15) is 13.2 Å². The van der Waals surface area contributed by atoms with Crippen molar-refractivity contribution >= 4 is 23.4 Å². The number of nitrogens with zero attached hydrogens (tertiary/aromatic N) is 1. The van der Waals surface area contributed by atoms with Crippen LogP contribution in [0.4, 0.5) is 13.2 Å². The third-order valence-electron chi connectivity index (χ3n) is 3.62. The minimum absolute atomic E-state index is 0.0579. The maximum absolute atomic E-state index is 12.6. The van der Waals surface area contributed by atoms with Gasteiger partial charge in [0.15, 0.2) is 0 Å². The second kappa shape index (κ2) is 5.46. The van der Waals surface area contributed by atoms with Crippen LogP contribution in [0.1, 0.15) is 29.8 Å². The smallest absolute Gasteiger partial charge is 0.352 e. The van der Waals surface area contributed by atoms with Gasteiger partial charge in [-0.15, -0.1) is 0 Å². The third-order valence-corrected chi connectivity index (χ3v) is 3.94. The molecule has 2 rings (SSSR count). The molecule has 0 spiro atoms. The second-order valence-electron chi connectivity index (χ2n) is 5.46. The van der Waals surface area contributed by atoms with E-state index in [0.717, 1.165) is 12.1 Å². The lowest BCUT2D eigenvalue weighted by Gasteiger charge is -2.41. The van der Waals surface area contributed by atoms with Gasteiger partial charge in [-0.25, -0.2) is 0 Å². The van der Waals surface area contributed by atoms with Gasteiger partial charge in [0.25, 0.3) is 5.91 Å². The Balaban J connectivity index is 2.36. The molecule has 1 N–H and O–H groups in total. The number of benzene rings is 1. The molecule has 1 saturated heterocycles. The Bertz CT molecular complexity index is 629. The van der Waals surface area contributed by atoms with E-state index in [1.54, 1.807) is 13.8 Å². The average molecular weight is 335 g/mol. The number of hydrogen-bond donors (Lipinski definition) is 1. The van der Waals surface area contributed by atoms with Crippen molar-refractivity contribution in [1.82, 2.24) is 10.2 Å². The molecule has 1 aromatic carbocycles. The van der Waals surface area contributed by atoms with Crippen LogP contribution < -0.4 is 5.32 Å². The molecule has 8 heteroatoms. The molecule has 0 aliphatic carbocycles. The van der Waals surface area contributed by atoms with Gasteiger partial charge in [0.05, 0.1) is 16.1 Å². The van der Waals surface area contributed by atoms with Gasteiger partial charge in [0.1, 0.15) is 5.54 Å². The first kappa shape index (κ1) is 16.6. The first-order valence-electron chi connectivity index (χ1n) is 6.52. The van der Waals surface area contributed by atoms with E-state index in [9.17, 15) is 22.8 Å². The maximum atomic E-state index is 12.6. The Hall–Kier alpha value is -1.76. The molecule has 1 aliphatic rings. The summed E-state index contributed by atoms with van der Waals surface area (Å²) in [5, 5.41) is 2.35. The summed E-state index contributed by atoms with van der Waals surface area (Å²) in [7, 11) is 0. The van der Waals surface area contributed by atoms with Crippen LogP contribution in [0, 0.1) is 0 Å². The molecule has 0 aromatic heterocycles. The lowest BCUT2D eigenvalue weighted by molar-refractivity contribution is -0.137. The fourth-order valence-corrected chi connectivity index (χ4v) is 2.53. The number of amides is 2. The Morgan fingerprint density at radius 3 is 2.55 bits per heavy atom. The highest BCUT2D eigenvalue weighted by Gasteiger charge is 2.41. The number of alkyl halides is 3. The molecule has 1 aliphatic heterocycles. The molecule has 0 bridgehead atoms. The number of carbonyl (C=O) groups is 2. The fraction of sp³-hybridized carbons (Fsp3) is 0.429. The maximum Gasteiger partial charge on any atom is 0.416 e. The van der Waals surface area contributed by atoms with Crippen LogP contribution in [-0.2, 0) is 11.0 Å². The highest BCUT2D eigenvalue weighted by molar-refractivity contribution is 6.34. The van der Waals surface area contributed by atoms with Gasteiger partial charge in [0.2, 0.25) is 5.91 Å². The predicted octanol–water partition coefficient (Wildman–Crippen LogP) is 2.71. The number of piperazine rings is 1. The predicted molar refractivity (Wildman–Crippen MR) is 74.6 cm³/mol. The second-order valence-corrected chi connectivity index (χ2v) is 5.87.